The summed E-state index contributed by atoms with van der Waals surface area (Å²) in [5.41, 5.74) is 0. The molecule has 0 heterocycles. The van der Waals surface area contributed by atoms with Crippen molar-refractivity contribution in [3.8, 4) is 0 Å². The van der Waals surface area contributed by atoms with Gasteiger partial charge in [-0.3, -0.25) is 9.59 Å². The van der Waals surface area contributed by atoms with Crippen molar-refractivity contribution in [2.45, 2.75) is 463 Å². The molecule has 86 heavy (non-hydrogen) atoms. The maximum atomic E-state index is 12.6. The summed E-state index contributed by atoms with van der Waals surface area (Å²) in [6.45, 7) is 5.00. The van der Waals surface area contributed by atoms with Crippen molar-refractivity contribution in [2.75, 3.05) is 13.2 Å². The van der Waals surface area contributed by atoms with Gasteiger partial charge in [-0.15, -0.1) is 0 Å². The number of allylic oxidation sites excluding steroid dienone is 4. The van der Waals surface area contributed by atoms with Gasteiger partial charge in [0.2, 0.25) is 5.91 Å². The molecule has 0 rings (SSSR count). The van der Waals surface area contributed by atoms with E-state index in [0.717, 1.165) is 38.5 Å². The van der Waals surface area contributed by atoms with E-state index < -0.39 is 12.1 Å². The number of aliphatic hydroxyl groups is 2. The van der Waals surface area contributed by atoms with E-state index in [-0.39, 0.29) is 18.5 Å². The molecule has 0 saturated carbocycles. The second kappa shape index (κ2) is 75.8. The Morgan fingerprint density at radius 3 is 0.826 bits per heavy atom. The average Bonchev–Trinajstić information content (AvgIpc) is 3.54. The van der Waals surface area contributed by atoms with Crippen LogP contribution in [0.25, 0.3) is 0 Å². The average molecular weight is 1210 g/mol. The van der Waals surface area contributed by atoms with Crippen molar-refractivity contribution >= 4 is 11.9 Å². The highest BCUT2D eigenvalue weighted by Gasteiger charge is 2.20. The molecular weight excluding hydrogens is 1050 g/mol. The van der Waals surface area contributed by atoms with Gasteiger partial charge < -0.3 is 20.3 Å². The van der Waals surface area contributed by atoms with Crippen LogP contribution >= 0.6 is 0 Å². The molecule has 0 bridgehead atoms. The molecule has 1 amide bonds. The van der Waals surface area contributed by atoms with Gasteiger partial charge in [-0.25, -0.2) is 0 Å². The minimum Gasteiger partial charge on any atom is -0.466 e. The van der Waals surface area contributed by atoms with Crippen molar-refractivity contribution in [2.24, 2.45) is 0 Å². The minimum atomic E-state index is -0.665. The van der Waals surface area contributed by atoms with Gasteiger partial charge in [0.15, 0.2) is 0 Å². The van der Waals surface area contributed by atoms with E-state index in [1.165, 1.54) is 379 Å². The van der Waals surface area contributed by atoms with Gasteiger partial charge in [-0.2, -0.15) is 0 Å². The smallest absolute Gasteiger partial charge is 0.305 e. The van der Waals surface area contributed by atoms with Crippen LogP contribution in [0, 0.1) is 0 Å². The molecule has 6 nitrogen and oxygen atoms in total. The fraction of sp³-hybridized carbons (Fsp3) is 0.925. The van der Waals surface area contributed by atoms with E-state index in [4.69, 9.17) is 4.74 Å². The first kappa shape index (κ1) is 84.3. The van der Waals surface area contributed by atoms with Gasteiger partial charge in [0.05, 0.1) is 25.4 Å². The summed E-state index contributed by atoms with van der Waals surface area (Å²) in [7, 11) is 0. The van der Waals surface area contributed by atoms with E-state index >= 15 is 0 Å². The molecule has 0 spiro atoms. The third-order valence-corrected chi connectivity index (χ3v) is 18.7. The van der Waals surface area contributed by atoms with Crippen LogP contribution in [0.2, 0.25) is 0 Å². The lowest BCUT2D eigenvalue weighted by Crippen LogP contribution is -2.45. The lowest BCUT2D eigenvalue weighted by molar-refractivity contribution is -0.143. The zero-order valence-electron chi connectivity index (χ0n) is 58.6. The van der Waals surface area contributed by atoms with Gasteiger partial charge in [-0.1, -0.05) is 385 Å². The monoisotopic (exact) mass is 1210 g/mol. The molecule has 0 fully saturated rings. The van der Waals surface area contributed by atoms with Crippen molar-refractivity contribution in [1.82, 2.24) is 5.32 Å². The Labute approximate surface area is 539 Å². The first-order valence-corrected chi connectivity index (χ1v) is 39.6. The van der Waals surface area contributed by atoms with Crippen molar-refractivity contribution in [1.29, 1.82) is 0 Å². The number of rotatable bonds is 75. The first-order valence-electron chi connectivity index (χ1n) is 39.6. The molecule has 0 aliphatic carbocycles. The Morgan fingerprint density at radius 2 is 0.547 bits per heavy atom. The molecule has 6 heteroatoms. The van der Waals surface area contributed by atoms with Crippen LogP contribution in [-0.4, -0.2) is 47.4 Å². The Hall–Kier alpha value is -1.66. The number of carbonyl (C=O) groups is 2. The maximum Gasteiger partial charge on any atom is 0.305 e. The summed E-state index contributed by atoms with van der Waals surface area (Å²) in [4.78, 5) is 24.7. The lowest BCUT2D eigenvalue weighted by atomic mass is 10.0. The van der Waals surface area contributed by atoms with E-state index in [9.17, 15) is 19.8 Å². The molecule has 2 atom stereocenters. The van der Waals surface area contributed by atoms with Gasteiger partial charge in [0.25, 0.3) is 0 Å². The standard InChI is InChI=1S/C80H155NO5/c1-3-5-7-9-11-13-15-17-19-21-23-33-37-40-44-48-52-56-60-64-68-72-78(83)77(76-82)81-79(84)73-69-65-61-57-53-49-45-41-38-34-31-29-27-25-24-26-28-30-32-35-39-43-47-51-55-59-63-67-71-75-86-80(85)74-70-66-62-58-54-50-46-42-36-22-20-18-16-14-12-10-8-6-4-2/h18,20,24,26,77-78,82-83H,3-17,19,21-23,25,27-76H2,1-2H3,(H,81,84)/b20-18-,26-24-. The fourth-order valence-corrected chi connectivity index (χ4v) is 12.7. The summed E-state index contributed by atoms with van der Waals surface area (Å²) in [5, 5.41) is 23.4. The van der Waals surface area contributed by atoms with Crippen LogP contribution < -0.4 is 5.32 Å². The SMILES string of the molecule is CCCCCCCC/C=C\CCCCCCCCCCCC(=O)OCCCCCCCCCCCCCC/C=C\CCCCCCCCCCCCCCCC(=O)NC(CO)C(O)CCCCCCCCCCCCCCCCCCCCCCC. The zero-order valence-corrected chi connectivity index (χ0v) is 58.6. The number of amides is 1. The highest BCUT2D eigenvalue weighted by atomic mass is 16.5. The molecule has 0 aromatic heterocycles. The summed E-state index contributed by atoms with van der Waals surface area (Å²) < 4.78 is 5.52. The number of esters is 1. The quantitative estimate of drug-likeness (QED) is 0.0320. The molecule has 0 radical (unpaired) electrons. The van der Waals surface area contributed by atoms with E-state index in [0.29, 0.717) is 25.9 Å². The Kier molecular flexibility index (Phi) is 74.3. The number of hydrogen-bond donors (Lipinski definition) is 3. The van der Waals surface area contributed by atoms with Gasteiger partial charge >= 0.3 is 5.97 Å². The fourth-order valence-electron chi connectivity index (χ4n) is 12.7. The number of ether oxygens (including phenoxy) is 1. The molecule has 0 aromatic carbocycles. The second-order valence-corrected chi connectivity index (χ2v) is 27.4. The number of hydrogen-bond acceptors (Lipinski definition) is 5. The number of unbranched alkanes of at least 4 members (excludes halogenated alkanes) is 60. The van der Waals surface area contributed by atoms with Gasteiger partial charge in [0, 0.05) is 12.8 Å². The molecule has 2 unspecified atom stereocenters. The second-order valence-electron chi connectivity index (χ2n) is 27.4. The van der Waals surface area contributed by atoms with Gasteiger partial charge in [-0.05, 0) is 77.0 Å². The lowest BCUT2D eigenvalue weighted by Gasteiger charge is -2.22. The first-order chi connectivity index (χ1) is 42.5. The van der Waals surface area contributed by atoms with Crippen molar-refractivity contribution in [3.63, 3.8) is 0 Å². The molecular formula is C80H155NO5. The third kappa shape index (κ3) is 71.4. The van der Waals surface area contributed by atoms with Crippen LogP contribution in [0.1, 0.15) is 450 Å². The predicted molar refractivity (Wildman–Crippen MR) is 380 cm³/mol. The van der Waals surface area contributed by atoms with E-state index in [1.54, 1.807) is 0 Å². The predicted octanol–water partition coefficient (Wildman–Crippen LogP) is 26.0. The van der Waals surface area contributed by atoms with Crippen molar-refractivity contribution < 1.29 is 24.5 Å². The minimum absolute atomic E-state index is 0.0173. The van der Waals surface area contributed by atoms with Crippen molar-refractivity contribution in [3.05, 3.63) is 24.3 Å². The van der Waals surface area contributed by atoms with E-state index in [2.05, 4.69) is 43.5 Å². The Balaban J connectivity index is 3.36. The highest BCUT2D eigenvalue weighted by molar-refractivity contribution is 5.76. The largest absolute Gasteiger partial charge is 0.466 e. The molecule has 0 saturated heterocycles. The Morgan fingerprint density at radius 1 is 0.314 bits per heavy atom. The van der Waals surface area contributed by atoms with E-state index in [1.807, 2.05) is 0 Å². The molecule has 3 N–H and O–H groups in total. The molecule has 0 aromatic rings. The highest BCUT2D eigenvalue weighted by Crippen LogP contribution is 2.20. The van der Waals surface area contributed by atoms with Crippen LogP contribution in [0.3, 0.4) is 0 Å². The molecule has 510 valence electrons. The Bertz CT molecular complexity index is 1350. The number of carbonyl (C=O) groups excluding carboxylic acids is 2. The summed E-state index contributed by atoms with van der Waals surface area (Å²) >= 11 is 0. The van der Waals surface area contributed by atoms with Crippen LogP contribution in [0.4, 0.5) is 0 Å². The summed E-state index contributed by atoms with van der Waals surface area (Å²) in [6, 6.07) is -0.542. The van der Waals surface area contributed by atoms with Crippen LogP contribution in [0.5, 0.6) is 0 Å². The summed E-state index contributed by atoms with van der Waals surface area (Å²) in [5.74, 6) is -0.0117. The third-order valence-electron chi connectivity index (χ3n) is 18.7. The van der Waals surface area contributed by atoms with Crippen LogP contribution in [0.15, 0.2) is 24.3 Å². The maximum absolute atomic E-state index is 12.6. The molecule has 0 aliphatic rings. The summed E-state index contributed by atoms with van der Waals surface area (Å²) in [6.07, 6.45) is 96.9. The zero-order chi connectivity index (χ0) is 62.0. The molecule has 0 aliphatic heterocycles. The number of aliphatic hydroxyl groups excluding tert-OH is 2. The number of nitrogens with one attached hydrogen (secondary N) is 1. The van der Waals surface area contributed by atoms with Gasteiger partial charge in [0.1, 0.15) is 0 Å². The normalized spacial score (nSPS) is 12.6. The van der Waals surface area contributed by atoms with Crippen LogP contribution in [-0.2, 0) is 14.3 Å². The topological polar surface area (TPSA) is 95.9 Å².